The van der Waals surface area contributed by atoms with E-state index in [2.05, 4.69) is 16.2 Å². The fraction of sp³-hybridized carbons (Fsp3) is 0.318. The van der Waals surface area contributed by atoms with E-state index in [4.69, 9.17) is 4.52 Å². The van der Waals surface area contributed by atoms with Gasteiger partial charge in [-0.1, -0.05) is 64.8 Å². The quantitative estimate of drug-likeness (QED) is 0.697. The van der Waals surface area contributed by atoms with Crippen molar-refractivity contribution in [3.63, 3.8) is 0 Å². The molecule has 27 heavy (non-hydrogen) atoms. The first-order chi connectivity index (χ1) is 13.1. The van der Waals surface area contributed by atoms with Crippen molar-refractivity contribution < 1.29 is 9.32 Å². The third-order valence-corrected chi connectivity index (χ3v) is 5.05. The molecule has 1 unspecified atom stereocenters. The van der Waals surface area contributed by atoms with Crippen molar-refractivity contribution in [1.82, 2.24) is 15.0 Å². The standard InChI is InChI=1S/C22H23N3O2/c1-15-8-10-18(11-9-15)21-23-22(27-24-21)19-7-4-12-25(19)20(26)14-17-6-3-5-16(2)13-17/h3,5-6,8-11,13,19H,4,7,12,14H2,1-2H3. The van der Waals surface area contributed by atoms with Gasteiger partial charge < -0.3 is 9.42 Å². The summed E-state index contributed by atoms with van der Waals surface area (Å²) in [7, 11) is 0. The first-order valence-electron chi connectivity index (χ1n) is 9.36. The maximum Gasteiger partial charge on any atom is 0.249 e. The molecule has 1 aliphatic rings. The van der Waals surface area contributed by atoms with Gasteiger partial charge in [0.1, 0.15) is 6.04 Å². The molecule has 2 heterocycles. The molecule has 1 amide bonds. The topological polar surface area (TPSA) is 59.2 Å². The fourth-order valence-corrected chi connectivity index (χ4v) is 3.61. The lowest BCUT2D eigenvalue weighted by atomic mass is 10.1. The summed E-state index contributed by atoms with van der Waals surface area (Å²) in [6.07, 6.45) is 2.21. The molecule has 5 heteroatoms. The smallest absolute Gasteiger partial charge is 0.249 e. The van der Waals surface area contributed by atoms with Crippen LogP contribution in [0.25, 0.3) is 11.4 Å². The number of aromatic nitrogens is 2. The molecule has 1 atom stereocenters. The number of amides is 1. The highest BCUT2D eigenvalue weighted by atomic mass is 16.5. The van der Waals surface area contributed by atoms with E-state index in [1.165, 1.54) is 5.56 Å². The average molecular weight is 361 g/mol. The van der Waals surface area contributed by atoms with E-state index >= 15 is 0 Å². The zero-order valence-corrected chi connectivity index (χ0v) is 15.7. The number of hydrogen-bond donors (Lipinski definition) is 0. The Labute approximate surface area is 159 Å². The first kappa shape index (κ1) is 17.5. The average Bonchev–Trinajstić information content (AvgIpc) is 3.31. The largest absolute Gasteiger partial charge is 0.337 e. The van der Waals surface area contributed by atoms with Gasteiger partial charge in [-0.05, 0) is 32.3 Å². The molecule has 1 saturated heterocycles. The minimum absolute atomic E-state index is 0.109. The molecule has 0 spiro atoms. The molecule has 1 aliphatic heterocycles. The third kappa shape index (κ3) is 3.77. The van der Waals surface area contributed by atoms with Crippen LogP contribution in [0.4, 0.5) is 0 Å². The number of nitrogens with zero attached hydrogens (tertiary/aromatic N) is 3. The maximum atomic E-state index is 12.9. The molecule has 0 aliphatic carbocycles. The highest BCUT2D eigenvalue weighted by molar-refractivity contribution is 5.79. The lowest BCUT2D eigenvalue weighted by Crippen LogP contribution is -2.32. The number of aryl methyl sites for hydroxylation is 2. The summed E-state index contributed by atoms with van der Waals surface area (Å²) in [5.74, 6) is 1.21. The molecular formula is C22H23N3O2. The molecule has 0 N–H and O–H groups in total. The van der Waals surface area contributed by atoms with Crippen LogP contribution >= 0.6 is 0 Å². The van der Waals surface area contributed by atoms with Crippen LogP contribution in [0.2, 0.25) is 0 Å². The second-order valence-corrected chi connectivity index (χ2v) is 7.23. The Morgan fingerprint density at radius 2 is 1.96 bits per heavy atom. The van der Waals surface area contributed by atoms with E-state index < -0.39 is 0 Å². The van der Waals surface area contributed by atoms with Crippen LogP contribution in [-0.4, -0.2) is 27.5 Å². The van der Waals surface area contributed by atoms with E-state index in [0.29, 0.717) is 18.1 Å². The predicted molar refractivity (Wildman–Crippen MR) is 103 cm³/mol. The summed E-state index contributed by atoms with van der Waals surface area (Å²) in [4.78, 5) is 19.3. The van der Waals surface area contributed by atoms with E-state index in [9.17, 15) is 4.79 Å². The van der Waals surface area contributed by atoms with E-state index in [0.717, 1.165) is 36.1 Å². The van der Waals surface area contributed by atoms with E-state index in [-0.39, 0.29) is 11.9 Å². The Morgan fingerprint density at radius 1 is 1.15 bits per heavy atom. The minimum Gasteiger partial charge on any atom is -0.337 e. The molecule has 138 valence electrons. The number of carbonyl (C=O) groups is 1. The van der Waals surface area contributed by atoms with Crippen molar-refractivity contribution in [2.75, 3.05) is 6.54 Å². The normalized spacial score (nSPS) is 16.7. The zero-order valence-electron chi connectivity index (χ0n) is 15.7. The molecule has 2 aromatic carbocycles. The van der Waals surface area contributed by atoms with Crippen LogP contribution in [0.15, 0.2) is 53.1 Å². The van der Waals surface area contributed by atoms with Gasteiger partial charge in [-0.3, -0.25) is 4.79 Å². The molecule has 3 aromatic rings. The molecule has 1 fully saturated rings. The van der Waals surface area contributed by atoms with E-state index in [1.54, 1.807) is 0 Å². The second-order valence-electron chi connectivity index (χ2n) is 7.23. The molecule has 4 rings (SSSR count). The Kier molecular flexibility index (Phi) is 4.75. The third-order valence-electron chi connectivity index (χ3n) is 5.05. The molecule has 0 saturated carbocycles. The number of hydrogen-bond acceptors (Lipinski definition) is 4. The van der Waals surface area contributed by atoms with Gasteiger partial charge in [-0.2, -0.15) is 4.98 Å². The Bertz CT molecular complexity index is 946. The van der Waals surface area contributed by atoms with Crippen LogP contribution in [-0.2, 0) is 11.2 Å². The number of likely N-dealkylation sites (tertiary alicyclic amines) is 1. The Balaban J connectivity index is 1.51. The summed E-state index contributed by atoms with van der Waals surface area (Å²) in [6, 6.07) is 16.0. The van der Waals surface area contributed by atoms with Crippen LogP contribution in [0.5, 0.6) is 0 Å². The summed E-state index contributed by atoms with van der Waals surface area (Å²) in [5.41, 5.74) is 4.31. The Morgan fingerprint density at radius 3 is 2.74 bits per heavy atom. The highest BCUT2D eigenvalue weighted by Crippen LogP contribution is 2.32. The first-order valence-corrected chi connectivity index (χ1v) is 9.36. The van der Waals surface area contributed by atoms with Crippen LogP contribution in [0.1, 0.15) is 41.5 Å². The summed E-state index contributed by atoms with van der Waals surface area (Å²) in [6.45, 7) is 4.82. The molecular weight excluding hydrogens is 338 g/mol. The van der Waals surface area contributed by atoms with Crippen molar-refractivity contribution >= 4 is 5.91 Å². The fourth-order valence-electron chi connectivity index (χ4n) is 3.61. The van der Waals surface area contributed by atoms with Crippen molar-refractivity contribution in [3.05, 3.63) is 71.1 Å². The van der Waals surface area contributed by atoms with Gasteiger partial charge in [0.15, 0.2) is 0 Å². The van der Waals surface area contributed by atoms with Crippen molar-refractivity contribution in [2.24, 2.45) is 0 Å². The van der Waals surface area contributed by atoms with Crippen LogP contribution < -0.4 is 0 Å². The van der Waals surface area contributed by atoms with Crippen molar-refractivity contribution in [1.29, 1.82) is 0 Å². The molecule has 5 nitrogen and oxygen atoms in total. The summed E-state index contributed by atoms with van der Waals surface area (Å²) in [5, 5.41) is 4.13. The van der Waals surface area contributed by atoms with Gasteiger partial charge in [0.05, 0.1) is 6.42 Å². The van der Waals surface area contributed by atoms with Gasteiger partial charge in [0.2, 0.25) is 17.6 Å². The number of benzene rings is 2. The number of carbonyl (C=O) groups excluding carboxylic acids is 1. The predicted octanol–water partition coefficient (Wildman–Crippen LogP) is 4.26. The lowest BCUT2D eigenvalue weighted by Gasteiger charge is -2.22. The van der Waals surface area contributed by atoms with Gasteiger partial charge >= 0.3 is 0 Å². The van der Waals surface area contributed by atoms with Crippen molar-refractivity contribution in [2.45, 2.75) is 39.2 Å². The van der Waals surface area contributed by atoms with Crippen LogP contribution in [0.3, 0.4) is 0 Å². The minimum atomic E-state index is -0.131. The van der Waals surface area contributed by atoms with Crippen LogP contribution in [0, 0.1) is 13.8 Å². The lowest BCUT2D eigenvalue weighted by molar-refractivity contribution is -0.131. The maximum absolute atomic E-state index is 12.9. The van der Waals surface area contributed by atoms with Gasteiger partial charge in [0.25, 0.3) is 0 Å². The van der Waals surface area contributed by atoms with Gasteiger partial charge in [0, 0.05) is 12.1 Å². The monoisotopic (exact) mass is 361 g/mol. The SMILES string of the molecule is Cc1ccc(-c2noc(C3CCCN3C(=O)Cc3cccc(C)c3)n2)cc1. The van der Waals surface area contributed by atoms with Gasteiger partial charge in [-0.25, -0.2) is 0 Å². The second kappa shape index (κ2) is 7.35. The molecule has 0 bridgehead atoms. The van der Waals surface area contributed by atoms with Crippen molar-refractivity contribution in [3.8, 4) is 11.4 Å². The molecule has 1 aromatic heterocycles. The highest BCUT2D eigenvalue weighted by Gasteiger charge is 2.34. The van der Waals surface area contributed by atoms with Gasteiger partial charge in [-0.15, -0.1) is 0 Å². The molecule has 0 radical (unpaired) electrons. The summed E-state index contributed by atoms with van der Waals surface area (Å²) < 4.78 is 5.53. The van der Waals surface area contributed by atoms with E-state index in [1.807, 2.05) is 61.2 Å². The summed E-state index contributed by atoms with van der Waals surface area (Å²) >= 11 is 0. The Hall–Kier alpha value is -2.95. The number of rotatable bonds is 4. The zero-order chi connectivity index (χ0) is 18.8.